The molecule has 0 radical (unpaired) electrons. The second-order valence-corrected chi connectivity index (χ2v) is 3.64. The fourth-order valence-corrected chi connectivity index (χ4v) is 1.91. The average Bonchev–Trinajstić information content (AvgIpc) is 2.75. The van der Waals surface area contributed by atoms with Gasteiger partial charge in [0.1, 0.15) is 0 Å². The molecule has 0 saturated heterocycles. The molecular weight excluding hydrogens is 206 g/mol. The summed E-state index contributed by atoms with van der Waals surface area (Å²) in [7, 11) is 0. The molecule has 2 rings (SSSR count). The normalized spacial score (nSPS) is 12.9. The largest absolute Gasteiger partial charge is 0.454 e. The molecule has 0 unspecified atom stereocenters. The highest BCUT2D eigenvalue weighted by Gasteiger charge is 2.22. The van der Waals surface area contributed by atoms with E-state index in [1.807, 2.05) is 6.92 Å². The van der Waals surface area contributed by atoms with Gasteiger partial charge in [-0.05, 0) is 25.1 Å². The molecule has 0 aromatic heterocycles. The van der Waals surface area contributed by atoms with Crippen molar-refractivity contribution in [2.75, 3.05) is 13.3 Å². The van der Waals surface area contributed by atoms with E-state index >= 15 is 0 Å². The molecule has 4 heteroatoms. The lowest BCUT2D eigenvalue weighted by atomic mass is 9.98. The lowest BCUT2D eigenvalue weighted by Crippen LogP contribution is -2.10. The Balaban J connectivity index is 2.42. The number of nitrogens with two attached hydrogens (primary N) is 1. The van der Waals surface area contributed by atoms with Gasteiger partial charge in [-0.2, -0.15) is 0 Å². The Morgan fingerprint density at radius 1 is 1.44 bits per heavy atom. The molecule has 0 amide bonds. The van der Waals surface area contributed by atoms with E-state index in [-0.39, 0.29) is 12.6 Å². The molecule has 1 aliphatic rings. The van der Waals surface area contributed by atoms with Crippen LogP contribution in [0, 0.1) is 0 Å². The molecule has 4 nitrogen and oxygen atoms in total. The number of ether oxygens (including phenoxy) is 2. The molecule has 2 N–H and O–H groups in total. The molecule has 0 fully saturated rings. The van der Waals surface area contributed by atoms with Gasteiger partial charge < -0.3 is 15.2 Å². The van der Waals surface area contributed by atoms with Crippen LogP contribution in [0.3, 0.4) is 0 Å². The summed E-state index contributed by atoms with van der Waals surface area (Å²) in [6.07, 6.45) is 1.12. The molecule has 1 aromatic rings. The zero-order valence-corrected chi connectivity index (χ0v) is 9.29. The standard InChI is InChI=1S/C12H15NO3/c1-2-8-9(10(14)5-6-13)3-4-11-12(8)16-7-15-11/h3-4H,2,5-7,13H2,1H3. The molecule has 0 bridgehead atoms. The Labute approximate surface area is 94.3 Å². The maximum atomic E-state index is 11.8. The van der Waals surface area contributed by atoms with Crippen LogP contribution in [-0.4, -0.2) is 19.1 Å². The molecule has 1 aliphatic heterocycles. The molecule has 0 atom stereocenters. The van der Waals surface area contributed by atoms with Crippen molar-refractivity contribution >= 4 is 5.78 Å². The van der Waals surface area contributed by atoms with Crippen molar-refractivity contribution in [1.29, 1.82) is 0 Å². The van der Waals surface area contributed by atoms with Gasteiger partial charge in [-0.25, -0.2) is 0 Å². The van der Waals surface area contributed by atoms with E-state index in [1.54, 1.807) is 12.1 Å². The van der Waals surface area contributed by atoms with Gasteiger partial charge in [-0.15, -0.1) is 0 Å². The summed E-state index contributed by atoms with van der Waals surface area (Å²) >= 11 is 0. The number of Topliss-reactive ketones (excluding diaryl/α,β-unsaturated/α-hetero) is 1. The minimum absolute atomic E-state index is 0.0673. The molecule has 0 aliphatic carbocycles. The first-order valence-corrected chi connectivity index (χ1v) is 5.42. The maximum Gasteiger partial charge on any atom is 0.231 e. The minimum Gasteiger partial charge on any atom is -0.454 e. The van der Waals surface area contributed by atoms with E-state index in [0.29, 0.717) is 24.3 Å². The fraction of sp³-hybridized carbons (Fsp3) is 0.417. The van der Waals surface area contributed by atoms with E-state index in [1.165, 1.54) is 0 Å². The highest BCUT2D eigenvalue weighted by molar-refractivity contribution is 5.98. The average molecular weight is 221 g/mol. The first-order chi connectivity index (χ1) is 7.77. The fourth-order valence-electron chi connectivity index (χ4n) is 1.91. The third kappa shape index (κ3) is 1.76. The number of ketones is 1. The summed E-state index contributed by atoms with van der Waals surface area (Å²) in [5.74, 6) is 1.50. The van der Waals surface area contributed by atoms with E-state index in [4.69, 9.17) is 15.2 Å². The predicted octanol–water partition coefficient (Wildman–Crippen LogP) is 1.51. The van der Waals surface area contributed by atoms with E-state index in [9.17, 15) is 4.79 Å². The van der Waals surface area contributed by atoms with Gasteiger partial charge in [-0.3, -0.25) is 4.79 Å². The van der Waals surface area contributed by atoms with E-state index in [0.717, 1.165) is 17.7 Å². The van der Waals surface area contributed by atoms with Crippen LogP contribution in [0.25, 0.3) is 0 Å². The number of carbonyl (C=O) groups excluding carboxylic acids is 1. The number of hydrogen-bond donors (Lipinski definition) is 1. The van der Waals surface area contributed by atoms with Crippen LogP contribution >= 0.6 is 0 Å². The van der Waals surface area contributed by atoms with Gasteiger partial charge >= 0.3 is 0 Å². The molecule has 1 heterocycles. The first-order valence-electron chi connectivity index (χ1n) is 5.42. The second kappa shape index (κ2) is 4.53. The van der Waals surface area contributed by atoms with Crippen molar-refractivity contribution in [1.82, 2.24) is 0 Å². The number of carbonyl (C=O) groups is 1. The van der Waals surface area contributed by atoms with Crippen LogP contribution in [0.2, 0.25) is 0 Å². The van der Waals surface area contributed by atoms with Crippen molar-refractivity contribution in [3.8, 4) is 11.5 Å². The zero-order chi connectivity index (χ0) is 11.5. The van der Waals surface area contributed by atoms with Crippen molar-refractivity contribution in [2.24, 2.45) is 5.73 Å². The van der Waals surface area contributed by atoms with E-state index in [2.05, 4.69) is 0 Å². The third-order valence-corrected chi connectivity index (χ3v) is 2.67. The van der Waals surface area contributed by atoms with Gasteiger partial charge in [0.2, 0.25) is 6.79 Å². The van der Waals surface area contributed by atoms with Crippen LogP contribution in [-0.2, 0) is 6.42 Å². The topological polar surface area (TPSA) is 61.6 Å². The zero-order valence-electron chi connectivity index (χ0n) is 9.29. The smallest absolute Gasteiger partial charge is 0.231 e. The first kappa shape index (κ1) is 11.0. The van der Waals surface area contributed by atoms with Gasteiger partial charge in [-0.1, -0.05) is 6.92 Å². The number of rotatable bonds is 4. The molecule has 16 heavy (non-hydrogen) atoms. The number of fused-ring (bicyclic) bond motifs is 1. The predicted molar refractivity (Wildman–Crippen MR) is 59.9 cm³/mol. The summed E-state index contributed by atoms with van der Waals surface area (Å²) in [6.45, 7) is 2.60. The van der Waals surface area contributed by atoms with Crippen molar-refractivity contribution < 1.29 is 14.3 Å². The number of benzene rings is 1. The second-order valence-electron chi connectivity index (χ2n) is 3.64. The Hall–Kier alpha value is -1.55. The van der Waals surface area contributed by atoms with Gasteiger partial charge in [0, 0.05) is 17.5 Å². The molecule has 1 aromatic carbocycles. The summed E-state index contributed by atoms with van der Waals surface area (Å²) in [4.78, 5) is 11.8. The van der Waals surface area contributed by atoms with Gasteiger partial charge in [0.05, 0.1) is 0 Å². The van der Waals surface area contributed by atoms with Crippen molar-refractivity contribution in [2.45, 2.75) is 19.8 Å². The molecule has 86 valence electrons. The maximum absolute atomic E-state index is 11.8. The Kier molecular flexibility index (Phi) is 3.10. The Morgan fingerprint density at radius 2 is 2.25 bits per heavy atom. The van der Waals surface area contributed by atoms with Crippen LogP contribution in [0.1, 0.15) is 29.3 Å². The summed E-state index contributed by atoms with van der Waals surface area (Å²) in [6, 6.07) is 3.58. The summed E-state index contributed by atoms with van der Waals surface area (Å²) < 4.78 is 10.7. The van der Waals surface area contributed by atoms with Crippen LogP contribution < -0.4 is 15.2 Å². The monoisotopic (exact) mass is 221 g/mol. The molecule has 0 saturated carbocycles. The van der Waals surface area contributed by atoms with Crippen LogP contribution in [0.4, 0.5) is 0 Å². The van der Waals surface area contributed by atoms with Gasteiger partial charge in [0.15, 0.2) is 17.3 Å². The molecule has 0 spiro atoms. The summed E-state index contributed by atoms with van der Waals surface area (Å²) in [5, 5.41) is 0. The number of hydrogen-bond acceptors (Lipinski definition) is 4. The van der Waals surface area contributed by atoms with Crippen LogP contribution in [0.15, 0.2) is 12.1 Å². The SMILES string of the molecule is CCc1c(C(=O)CCN)ccc2c1OCO2. The Morgan fingerprint density at radius 3 is 2.94 bits per heavy atom. The van der Waals surface area contributed by atoms with Gasteiger partial charge in [0.25, 0.3) is 0 Å². The highest BCUT2D eigenvalue weighted by Crippen LogP contribution is 2.38. The highest BCUT2D eigenvalue weighted by atomic mass is 16.7. The minimum atomic E-state index is 0.0673. The van der Waals surface area contributed by atoms with E-state index < -0.39 is 0 Å². The lowest BCUT2D eigenvalue weighted by molar-refractivity contribution is 0.0984. The molecular formula is C12H15NO3. The van der Waals surface area contributed by atoms with Crippen molar-refractivity contribution in [3.63, 3.8) is 0 Å². The lowest BCUT2D eigenvalue weighted by Gasteiger charge is -2.09. The van der Waals surface area contributed by atoms with Crippen molar-refractivity contribution in [3.05, 3.63) is 23.3 Å². The summed E-state index contributed by atoms with van der Waals surface area (Å²) in [5.41, 5.74) is 7.02. The third-order valence-electron chi connectivity index (χ3n) is 2.67. The Bertz CT molecular complexity index is 415. The van der Waals surface area contributed by atoms with Crippen LogP contribution in [0.5, 0.6) is 11.5 Å². The quantitative estimate of drug-likeness (QED) is 0.783.